The summed E-state index contributed by atoms with van der Waals surface area (Å²) < 4.78 is 19.1. The molecule has 0 aromatic carbocycles. The first kappa shape index (κ1) is 15.7. The van der Waals surface area contributed by atoms with E-state index in [0.717, 1.165) is 25.5 Å². The van der Waals surface area contributed by atoms with E-state index in [9.17, 15) is 9.18 Å². The summed E-state index contributed by atoms with van der Waals surface area (Å²) in [6.07, 6.45) is 4.00. The van der Waals surface area contributed by atoms with Gasteiger partial charge in [-0.15, -0.1) is 0 Å². The van der Waals surface area contributed by atoms with Gasteiger partial charge in [0.15, 0.2) is 0 Å². The van der Waals surface area contributed by atoms with Gasteiger partial charge in [-0.1, -0.05) is 6.92 Å². The summed E-state index contributed by atoms with van der Waals surface area (Å²) in [4.78, 5) is 18.2. The molecule has 1 atom stereocenters. The van der Waals surface area contributed by atoms with Gasteiger partial charge < -0.3 is 15.0 Å². The molecule has 0 aliphatic carbocycles. The Labute approximate surface area is 124 Å². The molecule has 1 saturated heterocycles. The van der Waals surface area contributed by atoms with E-state index in [4.69, 9.17) is 4.74 Å². The Morgan fingerprint density at radius 3 is 3.14 bits per heavy atom. The highest BCUT2D eigenvalue weighted by Gasteiger charge is 2.26. The van der Waals surface area contributed by atoms with Gasteiger partial charge in [0, 0.05) is 26.7 Å². The lowest BCUT2D eigenvalue weighted by Crippen LogP contribution is -2.43. The molecule has 1 fully saturated rings. The molecule has 0 spiro atoms. The lowest BCUT2D eigenvalue weighted by atomic mass is 10.1. The maximum atomic E-state index is 13.4. The van der Waals surface area contributed by atoms with Crippen molar-refractivity contribution >= 4 is 11.7 Å². The first-order valence-electron chi connectivity index (χ1n) is 7.39. The van der Waals surface area contributed by atoms with E-state index in [1.54, 1.807) is 11.9 Å². The molecule has 1 N–H and O–H groups in total. The third-order valence-corrected chi connectivity index (χ3v) is 3.54. The van der Waals surface area contributed by atoms with Crippen LogP contribution in [0.4, 0.5) is 10.2 Å². The van der Waals surface area contributed by atoms with Gasteiger partial charge in [0.25, 0.3) is 5.91 Å². The predicted octanol–water partition coefficient (Wildman–Crippen LogP) is 2.29. The zero-order chi connectivity index (χ0) is 15.2. The molecule has 1 aliphatic heterocycles. The second kappa shape index (κ2) is 7.36. The number of amides is 1. The summed E-state index contributed by atoms with van der Waals surface area (Å²) >= 11 is 0. The molecule has 1 amide bonds. The summed E-state index contributed by atoms with van der Waals surface area (Å²) in [7, 11) is 1.67. The van der Waals surface area contributed by atoms with Crippen LogP contribution in [0.15, 0.2) is 12.3 Å². The van der Waals surface area contributed by atoms with Gasteiger partial charge in [0.2, 0.25) is 0 Å². The Balaban J connectivity index is 2.10. The number of halogens is 1. The predicted molar refractivity (Wildman–Crippen MR) is 78.9 cm³/mol. The third-order valence-electron chi connectivity index (χ3n) is 3.54. The second-order valence-corrected chi connectivity index (χ2v) is 5.19. The zero-order valence-corrected chi connectivity index (χ0v) is 12.6. The van der Waals surface area contributed by atoms with Gasteiger partial charge in [-0.05, 0) is 25.3 Å². The van der Waals surface area contributed by atoms with Crippen molar-refractivity contribution in [1.82, 2.24) is 9.88 Å². The topological polar surface area (TPSA) is 54.5 Å². The summed E-state index contributed by atoms with van der Waals surface area (Å²) in [6, 6.07) is 1.23. The van der Waals surface area contributed by atoms with Crippen molar-refractivity contribution in [2.24, 2.45) is 0 Å². The average Bonchev–Trinajstić information content (AvgIpc) is 2.52. The molecule has 0 saturated carbocycles. The van der Waals surface area contributed by atoms with Crippen LogP contribution in [0.3, 0.4) is 0 Å². The van der Waals surface area contributed by atoms with E-state index in [-0.39, 0.29) is 17.6 Å². The van der Waals surface area contributed by atoms with E-state index in [1.807, 2.05) is 0 Å². The minimum absolute atomic E-state index is 0.0715. The molecule has 5 nitrogen and oxygen atoms in total. The van der Waals surface area contributed by atoms with Gasteiger partial charge in [-0.3, -0.25) is 4.79 Å². The fourth-order valence-corrected chi connectivity index (χ4v) is 2.52. The number of rotatable bonds is 5. The van der Waals surface area contributed by atoms with Gasteiger partial charge in [0.1, 0.15) is 11.6 Å². The smallest absolute Gasteiger partial charge is 0.257 e. The van der Waals surface area contributed by atoms with Crippen molar-refractivity contribution < 1.29 is 13.9 Å². The van der Waals surface area contributed by atoms with Crippen molar-refractivity contribution in [3.8, 4) is 0 Å². The molecule has 6 heteroatoms. The number of nitrogens with one attached hydrogen (secondary N) is 1. The van der Waals surface area contributed by atoms with Crippen LogP contribution >= 0.6 is 0 Å². The van der Waals surface area contributed by atoms with E-state index < -0.39 is 5.82 Å². The van der Waals surface area contributed by atoms with Crippen molar-refractivity contribution in [3.63, 3.8) is 0 Å². The molecule has 2 rings (SSSR count). The van der Waals surface area contributed by atoms with E-state index in [2.05, 4.69) is 17.2 Å². The molecule has 1 unspecified atom stereocenters. The maximum Gasteiger partial charge on any atom is 0.257 e. The van der Waals surface area contributed by atoms with Gasteiger partial charge in [0.05, 0.1) is 17.9 Å². The Morgan fingerprint density at radius 2 is 2.43 bits per heavy atom. The fourth-order valence-electron chi connectivity index (χ4n) is 2.52. The third kappa shape index (κ3) is 3.91. The van der Waals surface area contributed by atoms with Gasteiger partial charge in [-0.25, -0.2) is 9.37 Å². The minimum Gasteiger partial charge on any atom is -0.376 e. The summed E-state index contributed by atoms with van der Waals surface area (Å²) in [5.74, 6) is -0.303. The number of hydrogen-bond donors (Lipinski definition) is 1. The van der Waals surface area contributed by atoms with Crippen LogP contribution in [-0.2, 0) is 4.74 Å². The molecule has 0 bridgehead atoms. The monoisotopic (exact) mass is 295 g/mol. The lowest BCUT2D eigenvalue weighted by molar-refractivity contribution is 0.00212. The second-order valence-electron chi connectivity index (χ2n) is 5.19. The number of ether oxygens (including phenoxy) is 1. The van der Waals surface area contributed by atoms with Crippen molar-refractivity contribution in [3.05, 3.63) is 23.6 Å². The number of anilines is 1. The minimum atomic E-state index is -0.506. The summed E-state index contributed by atoms with van der Waals surface area (Å²) in [6.45, 7) is 3.99. The van der Waals surface area contributed by atoms with Gasteiger partial charge in [-0.2, -0.15) is 0 Å². The van der Waals surface area contributed by atoms with E-state index in [1.165, 1.54) is 6.07 Å². The number of hydrogen-bond acceptors (Lipinski definition) is 4. The lowest BCUT2D eigenvalue weighted by Gasteiger charge is -2.33. The highest BCUT2D eigenvalue weighted by atomic mass is 19.1. The Hall–Kier alpha value is -1.69. The Morgan fingerprint density at radius 1 is 1.62 bits per heavy atom. The van der Waals surface area contributed by atoms with Gasteiger partial charge >= 0.3 is 0 Å². The normalized spacial score (nSPS) is 18.6. The number of carbonyl (C=O) groups is 1. The molecule has 2 heterocycles. The highest BCUT2D eigenvalue weighted by Crippen LogP contribution is 2.20. The van der Waals surface area contributed by atoms with Crippen LogP contribution < -0.4 is 5.32 Å². The SMILES string of the molecule is CCCOC1CCCN(C(=O)c2cc(F)cnc2NC)C1. The van der Waals surface area contributed by atoms with Crippen LogP contribution in [0.2, 0.25) is 0 Å². The van der Waals surface area contributed by atoms with E-state index in [0.29, 0.717) is 25.5 Å². The standard InChI is InChI=1S/C15H22FN3O2/c1-3-7-21-12-5-4-6-19(10-12)15(20)13-8-11(16)9-18-14(13)17-2/h8-9,12H,3-7,10H2,1-2H3,(H,17,18). The maximum absolute atomic E-state index is 13.4. The zero-order valence-electron chi connectivity index (χ0n) is 12.6. The molecule has 1 aliphatic rings. The van der Waals surface area contributed by atoms with Crippen molar-refractivity contribution in [2.75, 3.05) is 32.1 Å². The fraction of sp³-hybridized carbons (Fsp3) is 0.600. The first-order chi connectivity index (χ1) is 10.2. The number of pyridine rings is 1. The number of aromatic nitrogens is 1. The quantitative estimate of drug-likeness (QED) is 0.905. The molecule has 21 heavy (non-hydrogen) atoms. The van der Waals surface area contributed by atoms with Crippen LogP contribution in [-0.4, -0.2) is 48.6 Å². The molecular formula is C15H22FN3O2. The molecule has 1 aromatic rings. The van der Waals surface area contributed by atoms with E-state index >= 15 is 0 Å². The molecule has 1 aromatic heterocycles. The number of likely N-dealkylation sites (tertiary alicyclic amines) is 1. The summed E-state index contributed by atoms with van der Waals surface area (Å²) in [5.41, 5.74) is 0.272. The Kier molecular flexibility index (Phi) is 5.50. The number of nitrogens with zero attached hydrogens (tertiary/aromatic N) is 2. The largest absolute Gasteiger partial charge is 0.376 e. The van der Waals surface area contributed by atoms with Crippen LogP contribution in [0, 0.1) is 5.82 Å². The van der Waals surface area contributed by atoms with Crippen molar-refractivity contribution in [1.29, 1.82) is 0 Å². The van der Waals surface area contributed by atoms with Crippen LogP contribution in [0.25, 0.3) is 0 Å². The van der Waals surface area contributed by atoms with Crippen molar-refractivity contribution in [2.45, 2.75) is 32.3 Å². The van der Waals surface area contributed by atoms with Crippen LogP contribution in [0.1, 0.15) is 36.5 Å². The Bertz CT molecular complexity index is 496. The number of piperidine rings is 1. The average molecular weight is 295 g/mol. The highest BCUT2D eigenvalue weighted by molar-refractivity contribution is 5.98. The van der Waals surface area contributed by atoms with Crippen LogP contribution in [0.5, 0.6) is 0 Å². The molecule has 116 valence electrons. The first-order valence-corrected chi connectivity index (χ1v) is 7.39. The summed E-state index contributed by atoms with van der Waals surface area (Å²) in [5, 5.41) is 2.83. The molecule has 0 radical (unpaired) electrons. The molecular weight excluding hydrogens is 273 g/mol. The number of carbonyl (C=O) groups excluding carboxylic acids is 1.